The maximum absolute atomic E-state index is 12.5. The van der Waals surface area contributed by atoms with Gasteiger partial charge >= 0.3 is 0 Å². The van der Waals surface area contributed by atoms with Gasteiger partial charge in [0, 0.05) is 21.8 Å². The van der Waals surface area contributed by atoms with Crippen molar-refractivity contribution >= 4 is 23.1 Å². The molecule has 0 aromatic heterocycles. The van der Waals surface area contributed by atoms with Crippen LogP contribution < -0.4 is 5.73 Å². The van der Waals surface area contributed by atoms with Crippen molar-refractivity contribution in [3.8, 4) is 0 Å². The molecule has 0 spiro atoms. The Morgan fingerprint density at radius 3 is 2.32 bits per heavy atom. The van der Waals surface area contributed by atoms with E-state index in [9.17, 15) is 4.79 Å². The van der Waals surface area contributed by atoms with Crippen LogP contribution in [0.15, 0.2) is 30.3 Å². The highest BCUT2D eigenvalue weighted by molar-refractivity contribution is 6.31. The molecule has 0 bridgehead atoms. The molecule has 2 nitrogen and oxygen atoms in total. The van der Waals surface area contributed by atoms with Crippen LogP contribution >= 0.6 is 11.6 Å². The molecule has 0 aliphatic carbocycles. The molecule has 0 aliphatic heterocycles. The fourth-order valence-electron chi connectivity index (χ4n) is 2.00. The molecular weight excluding hydrogens is 258 g/mol. The third-order valence-electron chi connectivity index (χ3n) is 3.28. The van der Waals surface area contributed by atoms with E-state index < -0.39 is 0 Å². The maximum Gasteiger partial charge on any atom is 0.193 e. The molecule has 0 saturated heterocycles. The lowest BCUT2D eigenvalue weighted by Crippen LogP contribution is -2.05. The molecule has 2 aromatic carbocycles. The van der Waals surface area contributed by atoms with Crippen molar-refractivity contribution in [2.24, 2.45) is 0 Å². The summed E-state index contributed by atoms with van der Waals surface area (Å²) in [6.45, 7) is 5.68. The Kier molecular flexibility index (Phi) is 3.63. The second kappa shape index (κ2) is 5.06. The predicted octanol–water partition coefficient (Wildman–Crippen LogP) is 4.08. The molecule has 3 heteroatoms. The molecule has 0 saturated carbocycles. The Balaban J connectivity index is 2.49. The minimum Gasteiger partial charge on any atom is -0.399 e. The minimum absolute atomic E-state index is 0.000340. The van der Waals surface area contributed by atoms with Gasteiger partial charge in [0.15, 0.2) is 5.78 Å². The lowest BCUT2D eigenvalue weighted by Gasteiger charge is -2.09. The van der Waals surface area contributed by atoms with Crippen LogP contribution in [-0.2, 0) is 0 Å². The Hall–Kier alpha value is -1.80. The molecule has 0 amide bonds. The first-order valence-electron chi connectivity index (χ1n) is 6.07. The lowest BCUT2D eigenvalue weighted by molar-refractivity contribution is 0.103. The summed E-state index contributed by atoms with van der Waals surface area (Å²) in [4.78, 5) is 12.5. The highest BCUT2D eigenvalue weighted by Gasteiger charge is 2.14. The number of halogens is 1. The number of hydrogen-bond donors (Lipinski definition) is 1. The zero-order chi connectivity index (χ0) is 14.2. The van der Waals surface area contributed by atoms with E-state index in [1.54, 1.807) is 12.1 Å². The van der Waals surface area contributed by atoms with Gasteiger partial charge in [-0.25, -0.2) is 0 Å². The average Bonchev–Trinajstić information content (AvgIpc) is 2.36. The van der Waals surface area contributed by atoms with Gasteiger partial charge < -0.3 is 5.73 Å². The number of carbonyl (C=O) groups is 1. The lowest BCUT2D eigenvalue weighted by atomic mass is 9.96. The molecule has 0 radical (unpaired) electrons. The monoisotopic (exact) mass is 273 g/mol. The van der Waals surface area contributed by atoms with Crippen molar-refractivity contribution in [1.29, 1.82) is 0 Å². The quantitative estimate of drug-likeness (QED) is 0.662. The number of aryl methyl sites for hydroxylation is 3. The van der Waals surface area contributed by atoms with E-state index in [4.69, 9.17) is 17.3 Å². The normalized spacial score (nSPS) is 10.5. The summed E-state index contributed by atoms with van der Waals surface area (Å²) in [6, 6.07) is 9.01. The second-order valence-corrected chi connectivity index (χ2v) is 5.22. The van der Waals surface area contributed by atoms with Crippen LogP contribution in [0.3, 0.4) is 0 Å². The van der Waals surface area contributed by atoms with Crippen molar-refractivity contribution in [3.63, 3.8) is 0 Å². The van der Waals surface area contributed by atoms with Crippen molar-refractivity contribution in [2.45, 2.75) is 20.8 Å². The molecule has 98 valence electrons. The Labute approximate surface area is 118 Å². The Morgan fingerprint density at radius 1 is 1.00 bits per heavy atom. The van der Waals surface area contributed by atoms with Crippen LogP contribution in [-0.4, -0.2) is 5.78 Å². The molecule has 0 aliphatic rings. The standard InChI is InChI=1S/C16H16ClNO/c1-9-8-14(17)10(2)7-13(9)16(19)12-4-5-15(18)11(3)6-12/h4-8H,18H2,1-3H3. The van der Waals surface area contributed by atoms with Gasteiger partial charge in [-0.1, -0.05) is 11.6 Å². The van der Waals surface area contributed by atoms with Gasteiger partial charge in [-0.3, -0.25) is 4.79 Å². The fourth-order valence-corrected chi connectivity index (χ4v) is 2.22. The smallest absolute Gasteiger partial charge is 0.193 e. The summed E-state index contributed by atoms with van der Waals surface area (Å²) in [6.07, 6.45) is 0. The summed E-state index contributed by atoms with van der Waals surface area (Å²) in [5, 5.41) is 0.683. The third-order valence-corrected chi connectivity index (χ3v) is 3.69. The summed E-state index contributed by atoms with van der Waals surface area (Å²) in [5.41, 5.74) is 10.5. The zero-order valence-corrected chi connectivity index (χ0v) is 12.0. The number of rotatable bonds is 2. The number of nitrogen functional groups attached to an aromatic ring is 1. The van der Waals surface area contributed by atoms with Crippen molar-refractivity contribution in [1.82, 2.24) is 0 Å². The topological polar surface area (TPSA) is 43.1 Å². The van der Waals surface area contributed by atoms with Crippen LogP contribution in [0.4, 0.5) is 5.69 Å². The van der Waals surface area contributed by atoms with Crippen LogP contribution in [0.1, 0.15) is 32.6 Å². The van der Waals surface area contributed by atoms with Gasteiger partial charge in [-0.05, 0) is 67.8 Å². The second-order valence-electron chi connectivity index (χ2n) is 4.82. The number of ketones is 1. The van der Waals surface area contributed by atoms with Crippen LogP contribution in [0.2, 0.25) is 5.02 Å². The first-order chi connectivity index (χ1) is 8.90. The summed E-state index contributed by atoms with van der Waals surface area (Å²) in [7, 11) is 0. The van der Waals surface area contributed by atoms with E-state index in [1.807, 2.05) is 39.0 Å². The van der Waals surface area contributed by atoms with E-state index in [-0.39, 0.29) is 5.78 Å². The van der Waals surface area contributed by atoms with Gasteiger partial charge in [0.2, 0.25) is 0 Å². The molecule has 2 aromatic rings. The number of anilines is 1. The van der Waals surface area contributed by atoms with Gasteiger partial charge in [-0.15, -0.1) is 0 Å². The van der Waals surface area contributed by atoms with Gasteiger partial charge in [0.25, 0.3) is 0 Å². The molecule has 0 unspecified atom stereocenters. The first-order valence-corrected chi connectivity index (χ1v) is 6.45. The van der Waals surface area contributed by atoms with Gasteiger partial charge in [-0.2, -0.15) is 0 Å². The van der Waals surface area contributed by atoms with E-state index in [0.717, 1.165) is 16.7 Å². The highest BCUT2D eigenvalue weighted by atomic mass is 35.5. The molecule has 0 heterocycles. The minimum atomic E-state index is 0.000340. The summed E-state index contributed by atoms with van der Waals surface area (Å²) >= 11 is 6.05. The largest absolute Gasteiger partial charge is 0.399 e. The van der Waals surface area contributed by atoms with E-state index >= 15 is 0 Å². The molecular formula is C16H16ClNO. The van der Waals surface area contributed by atoms with Gasteiger partial charge in [0.1, 0.15) is 0 Å². The van der Waals surface area contributed by atoms with Crippen molar-refractivity contribution in [3.05, 3.63) is 63.2 Å². The molecule has 19 heavy (non-hydrogen) atoms. The number of carbonyl (C=O) groups excluding carboxylic acids is 1. The average molecular weight is 274 g/mol. The number of hydrogen-bond acceptors (Lipinski definition) is 2. The SMILES string of the molecule is Cc1cc(C(=O)c2cc(C)c(Cl)cc2C)ccc1N. The van der Waals surface area contributed by atoms with E-state index in [2.05, 4.69) is 0 Å². The zero-order valence-electron chi connectivity index (χ0n) is 11.3. The van der Waals surface area contributed by atoms with Crippen LogP contribution in [0.5, 0.6) is 0 Å². The van der Waals surface area contributed by atoms with E-state index in [1.165, 1.54) is 0 Å². The Morgan fingerprint density at radius 2 is 1.68 bits per heavy atom. The molecule has 0 atom stereocenters. The Bertz CT molecular complexity index is 662. The predicted molar refractivity (Wildman–Crippen MR) is 79.9 cm³/mol. The fraction of sp³-hybridized carbons (Fsp3) is 0.188. The van der Waals surface area contributed by atoms with Crippen LogP contribution in [0.25, 0.3) is 0 Å². The van der Waals surface area contributed by atoms with Crippen molar-refractivity contribution < 1.29 is 4.79 Å². The highest BCUT2D eigenvalue weighted by Crippen LogP contribution is 2.23. The van der Waals surface area contributed by atoms with Gasteiger partial charge in [0.05, 0.1) is 0 Å². The molecule has 0 fully saturated rings. The number of benzene rings is 2. The van der Waals surface area contributed by atoms with Crippen LogP contribution in [0, 0.1) is 20.8 Å². The molecule has 2 N–H and O–H groups in total. The maximum atomic E-state index is 12.5. The summed E-state index contributed by atoms with van der Waals surface area (Å²) < 4.78 is 0. The number of nitrogens with two attached hydrogens (primary N) is 1. The third kappa shape index (κ3) is 2.64. The summed E-state index contributed by atoms with van der Waals surface area (Å²) in [5.74, 6) is 0.000340. The first kappa shape index (κ1) is 13.6. The molecule has 2 rings (SSSR count). The van der Waals surface area contributed by atoms with Crippen molar-refractivity contribution in [2.75, 3.05) is 5.73 Å². The van der Waals surface area contributed by atoms with E-state index in [0.29, 0.717) is 21.8 Å².